The van der Waals surface area contributed by atoms with Crippen molar-refractivity contribution in [3.63, 3.8) is 0 Å². The van der Waals surface area contributed by atoms with Gasteiger partial charge in [0.25, 0.3) is 0 Å². The van der Waals surface area contributed by atoms with Gasteiger partial charge >= 0.3 is 13.7 Å². The number of hydrogen-bond acceptors (Lipinski definition) is 11. The molecule has 0 radical (unpaired) electrons. The van der Waals surface area contributed by atoms with Crippen LogP contribution in [0.1, 0.15) is 32.4 Å². The van der Waals surface area contributed by atoms with Gasteiger partial charge in [-0.25, -0.2) is 9.55 Å². The number of imidazole rings is 1. The number of nitrogens with two attached hydrogens (primary N) is 1. The summed E-state index contributed by atoms with van der Waals surface area (Å²) in [4.78, 5) is 27.5. The molecular formula is C26H32N7O6P. The molecule has 1 saturated carbocycles. The summed E-state index contributed by atoms with van der Waals surface area (Å²) in [6.45, 7) is 1.37. The highest BCUT2D eigenvalue weighted by molar-refractivity contribution is 7.52. The van der Waals surface area contributed by atoms with Crippen molar-refractivity contribution in [1.29, 1.82) is 0 Å². The van der Waals surface area contributed by atoms with Gasteiger partial charge in [-0.2, -0.15) is 15.1 Å². The minimum Gasteiger partial charge on any atom is -0.468 e. The molecule has 0 spiro atoms. The summed E-state index contributed by atoms with van der Waals surface area (Å²) in [5.74, 6) is 2.88. The first kappa shape index (κ1) is 27.9. The van der Waals surface area contributed by atoms with E-state index in [1.54, 1.807) is 41.2 Å². The molecule has 1 saturated heterocycles. The van der Waals surface area contributed by atoms with Gasteiger partial charge in [0.05, 0.1) is 32.1 Å². The van der Waals surface area contributed by atoms with Crippen LogP contribution in [0.25, 0.3) is 11.2 Å². The topological polar surface area (TPSA) is 156 Å². The van der Waals surface area contributed by atoms with Gasteiger partial charge in [0, 0.05) is 13.1 Å². The maximum atomic E-state index is 13.7. The van der Waals surface area contributed by atoms with Crippen LogP contribution >= 0.6 is 7.75 Å². The van der Waals surface area contributed by atoms with Crippen LogP contribution in [0, 0.1) is 18.3 Å². The van der Waals surface area contributed by atoms with E-state index < -0.39 is 32.1 Å². The fraction of sp³-hybridized carbons (Fsp3) is 0.462. The summed E-state index contributed by atoms with van der Waals surface area (Å²) in [6, 6.07) is 7.94. The second kappa shape index (κ2) is 11.4. The number of anilines is 2. The quantitative estimate of drug-likeness (QED) is 0.198. The first-order chi connectivity index (χ1) is 19.2. The number of benzene rings is 1. The van der Waals surface area contributed by atoms with Crippen molar-refractivity contribution in [2.75, 3.05) is 31.4 Å². The van der Waals surface area contributed by atoms with E-state index in [9.17, 15) is 9.36 Å². The average Bonchev–Trinajstić information content (AvgIpc) is 3.59. The van der Waals surface area contributed by atoms with Gasteiger partial charge in [-0.05, 0) is 38.3 Å². The predicted octanol–water partition coefficient (Wildman–Crippen LogP) is 2.90. The van der Waals surface area contributed by atoms with Gasteiger partial charge in [-0.3, -0.25) is 13.9 Å². The van der Waals surface area contributed by atoms with Crippen LogP contribution in [0.4, 0.5) is 11.8 Å². The number of nitrogen functional groups attached to an aromatic ring is 1. The minimum atomic E-state index is -4.04. The number of nitrogens with zero attached hydrogens (tertiary/aromatic N) is 5. The fourth-order valence-electron chi connectivity index (χ4n) is 4.61. The average molecular weight is 570 g/mol. The number of esters is 1. The van der Waals surface area contributed by atoms with Crippen molar-refractivity contribution in [2.24, 2.45) is 5.92 Å². The second-order valence-electron chi connectivity index (χ2n) is 9.80. The molecular weight excluding hydrogens is 537 g/mol. The SMILES string of the molecule is C#C[C@H]1C[C@@H](CO[P@](=O)(N[C@H](C)C(=O)OC)Oc2ccccc2)O[C@H]1n1cnc2c(N(C)C3CC3)nc(N)nc21. The van der Waals surface area contributed by atoms with Gasteiger partial charge in [0.15, 0.2) is 23.2 Å². The third-order valence-corrected chi connectivity index (χ3v) is 8.48. The number of rotatable bonds is 11. The third kappa shape index (κ3) is 5.90. The third-order valence-electron chi connectivity index (χ3n) is 6.84. The lowest BCUT2D eigenvalue weighted by Crippen LogP contribution is -2.35. The Morgan fingerprint density at radius 3 is 2.77 bits per heavy atom. The van der Waals surface area contributed by atoms with E-state index in [1.807, 2.05) is 7.05 Å². The zero-order valence-corrected chi connectivity index (χ0v) is 23.4. The Bertz CT molecular complexity index is 1460. The minimum absolute atomic E-state index is 0.122. The molecule has 3 N–H and O–H groups in total. The summed E-state index contributed by atoms with van der Waals surface area (Å²) < 4.78 is 37.9. The van der Waals surface area contributed by atoms with E-state index >= 15 is 0 Å². The van der Waals surface area contributed by atoms with E-state index in [1.165, 1.54) is 14.0 Å². The highest BCUT2D eigenvalue weighted by atomic mass is 31.2. The van der Waals surface area contributed by atoms with Crippen molar-refractivity contribution in [3.05, 3.63) is 36.7 Å². The molecule has 5 rings (SSSR count). The molecule has 1 aliphatic heterocycles. The van der Waals surface area contributed by atoms with Crippen molar-refractivity contribution in [2.45, 2.75) is 50.6 Å². The standard InChI is InChI=1S/C26H32N7O6P/c1-5-17-13-20(14-37-40(35,31-16(2)25(34)36-4)39-19-9-7-6-8-10-19)38-24(17)33-15-28-21-22(32(3)18-11-12-18)29-26(27)30-23(21)33/h1,6-10,15-18,20,24H,11-14H2,2-4H3,(H,31,35)(H2,27,29,30)/t16-,17+,20+,24-,40-/m1/s1. The smallest absolute Gasteiger partial charge is 0.459 e. The van der Waals surface area contributed by atoms with Crippen molar-refractivity contribution in [3.8, 4) is 18.1 Å². The molecule has 2 aromatic heterocycles. The van der Waals surface area contributed by atoms with Crippen LogP contribution in [-0.4, -0.2) is 64.4 Å². The molecule has 212 valence electrons. The summed E-state index contributed by atoms with van der Waals surface area (Å²) in [7, 11) is -0.833. The highest BCUT2D eigenvalue weighted by Crippen LogP contribution is 2.46. The molecule has 0 amide bonds. The van der Waals surface area contributed by atoms with Crippen LogP contribution in [0.15, 0.2) is 36.7 Å². The predicted molar refractivity (Wildman–Crippen MR) is 147 cm³/mol. The van der Waals surface area contributed by atoms with Gasteiger partial charge < -0.3 is 24.6 Å². The van der Waals surface area contributed by atoms with Crippen LogP contribution in [0.2, 0.25) is 0 Å². The molecule has 5 atom stereocenters. The number of hydrogen-bond donors (Lipinski definition) is 2. The Hall–Kier alpha value is -3.69. The molecule has 13 nitrogen and oxygen atoms in total. The van der Waals surface area contributed by atoms with Gasteiger partial charge in [-0.15, -0.1) is 6.42 Å². The normalized spacial score (nSPS) is 22.8. The lowest BCUT2D eigenvalue weighted by atomic mass is 10.0. The van der Waals surface area contributed by atoms with Gasteiger partial charge in [-0.1, -0.05) is 24.1 Å². The molecule has 40 heavy (non-hydrogen) atoms. The van der Waals surface area contributed by atoms with E-state index in [0.29, 0.717) is 35.2 Å². The number of aromatic nitrogens is 4. The number of carbonyl (C=O) groups is 1. The van der Waals surface area contributed by atoms with E-state index in [-0.39, 0.29) is 18.5 Å². The Kier molecular flexibility index (Phi) is 7.96. The van der Waals surface area contributed by atoms with Crippen molar-refractivity contribution >= 4 is 36.6 Å². The maximum Gasteiger partial charge on any atom is 0.459 e. The summed E-state index contributed by atoms with van der Waals surface area (Å²) in [6.07, 6.45) is 8.91. The summed E-state index contributed by atoms with van der Waals surface area (Å²) in [5, 5.41) is 2.63. The number of carbonyl (C=O) groups excluding carboxylic acids is 1. The maximum absolute atomic E-state index is 13.7. The van der Waals surface area contributed by atoms with Gasteiger partial charge in [0.2, 0.25) is 5.95 Å². The fourth-order valence-corrected chi connectivity index (χ4v) is 6.13. The van der Waals surface area contributed by atoms with Crippen molar-refractivity contribution < 1.29 is 27.9 Å². The van der Waals surface area contributed by atoms with Crippen molar-refractivity contribution in [1.82, 2.24) is 24.6 Å². The number of methoxy groups -OCH3 is 1. The molecule has 0 unspecified atom stereocenters. The number of terminal acetylenes is 1. The molecule has 14 heteroatoms. The second-order valence-corrected chi connectivity index (χ2v) is 11.5. The number of fused-ring (bicyclic) bond motifs is 1. The molecule has 1 aromatic carbocycles. The molecule has 2 aliphatic rings. The number of nitrogens with one attached hydrogen (secondary N) is 1. The van der Waals surface area contributed by atoms with Crippen LogP contribution in [0.5, 0.6) is 5.75 Å². The molecule has 3 heterocycles. The van der Waals surface area contributed by atoms with E-state index in [4.69, 9.17) is 30.7 Å². The Balaban J connectivity index is 1.34. The zero-order valence-electron chi connectivity index (χ0n) is 22.5. The van der Waals surface area contributed by atoms with Gasteiger partial charge in [0.1, 0.15) is 11.8 Å². The first-order valence-corrected chi connectivity index (χ1v) is 14.4. The Morgan fingerprint density at radius 1 is 1.35 bits per heavy atom. The molecule has 2 fully saturated rings. The summed E-state index contributed by atoms with van der Waals surface area (Å²) in [5.41, 5.74) is 7.17. The monoisotopic (exact) mass is 569 g/mol. The number of ether oxygens (including phenoxy) is 2. The number of para-hydroxylation sites is 1. The summed E-state index contributed by atoms with van der Waals surface area (Å²) >= 11 is 0. The first-order valence-electron chi connectivity index (χ1n) is 12.9. The van der Waals surface area contributed by atoms with E-state index in [2.05, 4.69) is 30.9 Å². The largest absolute Gasteiger partial charge is 0.468 e. The van der Waals surface area contributed by atoms with E-state index in [0.717, 1.165) is 12.8 Å². The molecule has 0 bridgehead atoms. The zero-order chi connectivity index (χ0) is 28.4. The lowest BCUT2D eigenvalue weighted by Gasteiger charge is -2.24. The van der Waals surface area contributed by atoms with Crippen LogP contribution < -0.4 is 20.2 Å². The highest BCUT2D eigenvalue weighted by Gasteiger charge is 2.40. The lowest BCUT2D eigenvalue weighted by molar-refractivity contribution is -0.142. The Labute approximate surface area is 231 Å². The molecule has 1 aliphatic carbocycles. The Morgan fingerprint density at radius 2 is 2.10 bits per heavy atom. The van der Waals surface area contributed by atoms with Crippen LogP contribution in [-0.2, 0) is 23.4 Å². The van der Waals surface area contributed by atoms with Crippen LogP contribution in [0.3, 0.4) is 0 Å². The molecule has 3 aromatic rings.